The largest absolute Gasteiger partial charge is 0.573 e. The van der Waals surface area contributed by atoms with Crippen molar-refractivity contribution in [2.75, 3.05) is 6.54 Å². The van der Waals surface area contributed by atoms with E-state index < -0.39 is 39.3 Å². The number of nitrogens with zero attached hydrogens (tertiary/aromatic N) is 2. The molecule has 0 amide bonds. The van der Waals surface area contributed by atoms with Gasteiger partial charge in [-0.2, -0.15) is 0 Å². The zero-order valence-electron chi connectivity index (χ0n) is 16.3. The summed E-state index contributed by atoms with van der Waals surface area (Å²) in [5.41, 5.74) is -2.28. The first kappa shape index (κ1) is 24.4. The monoisotopic (exact) mass is 469 g/mol. The predicted molar refractivity (Wildman–Crippen MR) is 104 cm³/mol. The molecule has 0 saturated heterocycles. The highest BCUT2D eigenvalue weighted by molar-refractivity contribution is 7.84. The second-order valence-electron chi connectivity index (χ2n) is 7.27. The van der Waals surface area contributed by atoms with Crippen molar-refractivity contribution in [3.8, 4) is 5.75 Å². The molecule has 1 aromatic heterocycles. The van der Waals surface area contributed by atoms with Crippen LogP contribution in [0.25, 0.3) is 0 Å². The number of nitrogens with one attached hydrogen (secondary N) is 1. The zero-order valence-corrected chi connectivity index (χ0v) is 17.8. The number of alkyl halides is 3. The van der Waals surface area contributed by atoms with Crippen molar-refractivity contribution in [2.24, 2.45) is 0 Å². The zero-order chi connectivity index (χ0) is 22.7. The van der Waals surface area contributed by atoms with Crippen LogP contribution in [-0.4, -0.2) is 36.9 Å². The fourth-order valence-electron chi connectivity index (χ4n) is 2.50. The Kier molecular flexibility index (Phi) is 7.44. The van der Waals surface area contributed by atoms with Gasteiger partial charge in [0.05, 0.1) is 15.7 Å². The fourth-order valence-corrected chi connectivity index (χ4v) is 3.49. The van der Waals surface area contributed by atoms with Crippen LogP contribution >= 0.6 is 11.6 Å². The smallest absolute Gasteiger partial charge is 0.403 e. The van der Waals surface area contributed by atoms with E-state index in [1.807, 2.05) is 0 Å². The van der Waals surface area contributed by atoms with Crippen molar-refractivity contribution in [3.05, 3.63) is 52.8 Å². The van der Waals surface area contributed by atoms with Crippen molar-refractivity contribution in [1.82, 2.24) is 14.7 Å². The predicted octanol–water partition coefficient (Wildman–Crippen LogP) is 3.85. The van der Waals surface area contributed by atoms with Crippen molar-refractivity contribution < 1.29 is 31.6 Å². The van der Waals surface area contributed by atoms with Gasteiger partial charge in [-0.25, -0.2) is 18.3 Å². The van der Waals surface area contributed by atoms with Gasteiger partial charge >= 0.3 is 6.36 Å². The summed E-state index contributed by atoms with van der Waals surface area (Å²) in [6, 6.07) is 2.51. The maximum absolute atomic E-state index is 14.3. The lowest BCUT2D eigenvalue weighted by atomic mass is 9.87. The van der Waals surface area contributed by atoms with Crippen LogP contribution in [0.15, 0.2) is 30.6 Å². The fraction of sp³-hybridized carbons (Fsp3) is 0.444. The topological polar surface area (TPSA) is 84.3 Å². The average molecular weight is 470 g/mol. The first-order valence-corrected chi connectivity index (χ1v) is 10.2. The normalized spacial score (nSPS) is 15.5. The number of hydrogen-bond donors (Lipinski definition) is 2. The van der Waals surface area contributed by atoms with E-state index in [2.05, 4.69) is 19.4 Å². The van der Waals surface area contributed by atoms with Gasteiger partial charge in [0, 0.05) is 18.9 Å². The molecule has 12 heteroatoms. The van der Waals surface area contributed by atoms with E-state index >= 15 is 0 Å². The SMILES string of the molecule is CC(C)(C)S(=O)NCCC(O)(c1ccc(OC(F)(F)F)c(F)c1)c1nccnc1Cl. The van der Waals surface area contributed by atoms with Gasteiger partial charge in [-0.15, -0.1) is 13.2 Å². The molecule has 0 radical (unpaired) electrons. The average Bonchev–Trinajstić information content (AvgIpc) is 2.61. The molecule has 0 bridgehead atoms. The Balaban J connectivity index is 2.41. The third-order valence-electron chi connectivity index (χ3n) is 3.96. The van der Waals surface area contributed by atoms with Crippen molar-refractivity contribution in [2.45, 2.75) is 43.9 Å². The first-order valence-electron chi connectivity index (χ1n) is 8.64. The molecule has 0 aliphatic rings. The van der Waals surface area contributed by atoms with Crippen LogP contribution in [-0.2, 0) is 16.6 Å². The van der Waals surface area contributed by atoms with E-state index in [9.17, 15) is 26.9 Å². The highest BCUT2D eigenvalue weighted by Gasteiger charge is 2.38. The lowest BCUT2D eigenvalue weighted by Gasteiger charge is -2.29. The Morgan fingerprint density at radius 3 is 2.37 bits per heavy atom. The maximum Gasteiger partial charge on any atom is 0.573 e. The molecule has 1 aromatic carbocycles. The number of halogens is 5. The molecule has 6 nitrogen and oxygen atoms in total. The molecular weight excluding hydrogens is 450 g/mol. The van der Waals surface area contributed by atoms with E-state index in [4.69, 9.17) is 11.6 Å². The quantitative estimate of drug-likeness (QED) is 0.602. The van der Waals surface area contributed by atoms with Gasteiger partial charge in [-0.1, -0.05) is 17.7 Å². The number of benzene rings is 1. The van der Waals surface area contributed by atoms with Gasteiger partial charge < -0.3 is 9.84 Å². The van der Waals surface area contributed by atoms with Gasteiger partial charge in [-0.3, -0.25) is 4.98 Å². The second kappa shape index (κ2) is 9.13. The standard InChI is InChI=1S/C18H20ClF4N3O3S/c1-16(2,3)30(28)26-7-6-17(27,14-15(19)25-9-8-24-14)11-4-5-13(12(20)10-11)29-18(21,22)23/h4-5,8-10,26-27H,6-7H2,1-3H3. The molecular formula is C18H20ClF4N3O3S. The van der Waals surface area contributed by atoms with Crippen LogP contribution in [0.1, 0.15) is 38.4 Å². The summed E-state index contributed by atoms with van der Waals surface area (Å²) >= 11 is 6.05. The Morgan fingerprint density at radius 2 is 1.83 bits per heavy atom. The van der Waals surface area contributed by atoms with E-state index in [1.165, 1.54) is 12.4 Å². The molecule has 0 fully saturated rings. The highest BCUT2D eigenvalue weighted by Crippen LogP contribution is 2.37. The van der Waals surface area contributed by atoms with Gasteiger partial charge in [0.1, 0.15) is 11.3 Å². The van der Waals surface area contributed by atoms with Gasteiger partial charge in [-0.05, 0) is 44.9 Å². The Labute approximate surface area is 178 Å². The molecule has 2 rings (SSSR count). The second-order valence-corrected chi connectivity index (χ2v) is 9.68. The number of rotatable bonds is 7. The third-order valence-corrected chi connectivity index (χ3v) is 5.81. The summed E-state index contributed by atoms with van der Waals surface area (Å²) in [7, 11) is -1.46. The first-order chi connectivity index (χ1) is 13.7. The summed E-state index contributed by atoms with van der Waals surface area (Å²) < 4.78 is 69.5. The van der Waals surface area contributed by atoms with E-state index in [1.54, 1.807) is 20.8 Å². The molecule has 166 valence electrons. The summed E-state index contributed by atoms with van der Waals surface area (Å²) in [4.78, 5) is 7.84. The van der Waals surface area contributed by atoms with Gasteiger partial charge in [0.15, 0.2) is 16.7 Å². The molecule has 0 spiro atoms. The minimum atomic E-state index is -5.08. The number of aliphatic hydroxyl groups is 1. The van der Waals surface area contributed by atoms with Crippen LogP contribution in [0.5, 0.6) is 5.75 Å². The summed E-state index contributed by atoms with van der Waals surface area (Å²) in [6.45, 7) is 5.24. The van der Waals surface area contributed by atoms with Crippen molar-refractivity contribution in [3.63, 3.8) is 0 Å². The number of ether oxygens (including phenoxy) is 1. The highest BCUT2D eigenvalue weighted by atomic mass is 35.5. The third kappa shape index (κ3) is 6.10. The molecule has 0 aliphatic carbocycles. The molecule has 30 heavy (non-hydrogen) atoms. The Bertz CT molecular complexity index is 924. The van der Waals surface area contributed by atoms with E-state index in [0.29, 0.717) is 6.07 Å². The van der Waals surface area contributed by atoms with E-state index in [-0.39, 0.29) is 29.4 Å². The van der Waals surface area contributed by atoms with Crippen molar-refractivity contribution in [1.29, 1.82) is 0 Å². The van der Waals surface area contributed by atoms with Crippen LogP contribution < -0.4 is 9.46 Å². The Morgan fingerprint density at radius 1 is 1.20 bits per heavy atom. The minimum Gasteiger partial charge on any atom is -0.403 e. The molecule has 2 atom stereocenters. The summed E-state index contributed by atoms with van der Waals surface area (Å²) in [5.74, 6) is -2.39. The van der Waals surface area contributed by atoms with E-state index in [0.717, 1.165) is 12.1 Å². The summed E-state index contributed by atoms with van der Waals surface area (Å²) in [5, 5.41) is 11.2. The van der Waals surface area contributed by atoms with Crippen LogP contribution in [0.2, 0.25) is 5.15 Å². The molecule has 2 aromatic rings. The summed E-state index contributed by atoms with van der Waals surface area (Å²) in [6.07, 6.45) is -2.72. The molecule has 2 unspecified atom stereocenters. The molecule has 0 saturated carbocycles. The van der Waals surface area contributed by atoms with Crippen LogP contribution in [0.4, 0.5) is 17.6 Å². The molecule has 1 heterocycles. The van der Waals surface area contributed by atoms with Crippen LogP contribution in [0.3, 0.4) is 0 Å². The van der Waals surface area contributed by atoms with Gasteiger partial charge in [0.2, 0.25) is 0 Å². The molecule has 2 N–H and O–H groups in total. The van der Waals surface area contributed by atoms with Crippen molar-refractivity contribution >= 4 is 22.6 Å². The minimum absolute atomic E-state index is 0.00426. The lowest BCUT2D eigenvalue weighted by Crippen LogP contribution is -2.38. The number of aromatic nitrogens is 2. The Hall–Kier alpha value is -1.82. The molecule has 0 aliphatic heterocycles. The van der Waals surface area contributed by atoms with Gasteiger partial charge in [0.25, 0.3) is 0 Å². The van der Waals surface area contributed by atoms with Crippen LogP contribution in [0, 0.1) is 5.82 Å². The number of hydrogen-bond acceptors (Lipinski definition) is 5. The maximum atomic E-state index is 14.3. The lowest BCUT2D eigenvalue weighted by molar-refractivity contribution is -0.275.